The number of hydrogen-bond donors (Lipinski definition) is 1. The molecule has 4 rings (SSSR count). The number of furan rings is 1. The van der Waals surface area contributed by atoms with Gasteiger partial charge in [-0.1, -0.05) is 12.1 Å². The van der Waals surface area contributed by atoms with Crippen LogP contribution in [0.15, 0.2) is 77.3 Å². The fraction of sp³-hybridized carbons (Fsp3) is 0.167. The van der Waals surface area contributed by atoms with Crippen LogP contribution in [0.3, 0.4) is 0 Å². The summed E-state index contributed by atoms with van der Waals surface area (Å²) >= 11 is 0. The van der Waals surface area contributed by atoms with Crippen molar-refractivity contribution < 1.29 is 18.3 Å². The number of aromatic nitrogens is 2. The van der Waals surface area contributed by atoms with E-state index in [0.29, 0.717) is 23.9 Å². The lowest BCUT2D eigenvalue weighted by Gasteiger charge is -2.13. The van der Waals surface area contributed by atoms with E-state index in [1.807, 2.05) is 43.3 Å². The highest BCUT2D eigenvalue weighted by molar-refractivity contribution is 6.01. The number of halogens is 1. The zero-order chi connectivity index (χ0) is 22.5. The maximum absolute atomic E-state index is 13.0. The summed E-state index contributed by atoms with van der Waals surface area (Å²) in [5.74, 6) is 0.991. The molecule has 1 amide bonds. The molecule has 2 heterocycles. The van der Waals surface area contributed by atoms with Crippen LogP contribution in [0.4, 0.5) is 15.9 Å². The largest absolute Gasteiger partial charge is 0.486 e. The van der Waals surface area contributed by atoms with E-state index < -0.39 is 0 Å². The summed E-state index contributed by atoms with van der Waals surface area (Å²) in [5.41, 5.74) is 2.17. The number of rotatable bonds is 8. The van der Waals surface area contributed by atoms with Gasteiger partial charge in [0.15, 0.2) is 5.76 Å². The summed E-state index contributed by atoms with van der Waals surface area (Å²) in [6, 6.07) is 18.8. The Kier molecular flexibility index (Phi) is 6.21. The molecule has 0 spiro atoms. The predicted octanol–water partition coefficient (Wildman–Crippen LogP) is 4.56. The third kappa shape index (κ3) is 5.15. The van der Waals surface area contributed by atoms with Crippen LogP contribution in [-0.2, 0) is 13.2 Å². The minimum atomic E-state index is -0.386. The Bertz CT molecular complexity index is 1180. The number of amides is 1. The first-order chi connectivity index (χ1) is 15.5. The van der Waals surface area contributed by atoms with Crippen molar-refractivity contribution in [3.63, 3.8) is 0 Å². The zero-order valence-electron chi connectivity index (χ0n) is 17.8. The number of nitrogens with zero attached hydrogens (tertiary/aromatic N) is 3. The minimum absolute atomic E-state index is 0.125. The van der Waals surface area contributed by atoms with Crippen LogP contribution in [0.2, 0.25) is 0 Å². The van der Waals surface area contributed by atoms with E-state index in [9.17, 15) is 9.18 Å². The highest BCUT2D eigenvalue weighted by Gasteiger charge is 2.14. The third-order valence-corrected chi connectivity index (χ3v) is 4.82. The molecular formula is C24H23FN4O3. The highest BCUT2D eigenvalue weighted by Crippen LogP contribution is 2.18. The van der Waals surface area contributed by atoms with E-state index in [-0.39, 0.29) is 24.1 Å². The van der Waals surface area contributed by atoms with Crippen LogP contribution in [0.5, 0.6) is 5.75 Å². The van der Waals surface area contributed by atoms with Crippen molar-refractivity contribution in [1.82, 2.24) is 9.78 Å². The molecule has 0 aliphatic heterocycles. The second-order valence-corrected chi connectivity index (χ2v) is 7.40. The molecule has 0 saturated heterocycles. The van der Waals surface area contributed by atoms with Gasteiger partial charge in [0.25, 0.3) is 5.91 Å². The molecule has 0 aliphatic rings. The van der Waals surface area contributed by atoms with Crippen LogP contribution < -0.4 is 15.0 Å². The number of benzene rings is 2. The Balaban J connectivity index is 1.36. The van der Waals surface area contributed by atoms with E-state index in [0.717, 1.165) is 11.3 Å². The molecule has 164 valence electrons. The molecule has 4 aromatic rings. The molecule has 0 unspecified atom stereocenters. The molecule has 8 heteroatoms. The van der Waals surface area contributed by atoms with Crippen LogP contribution >= 0.6 is 0 Å². The molecule has 0 radical (unpaired) electrons. The second kappa shape index (κ2) is 9.38. The number of carbonyl (C=O) groups is 1. The first-order valence-corrected chi connectivity index (χ1v) is 10.0. The van der Waals surface area contributed by atoms with Gasteiger partial charge in [0.05, 0.1) is 12.7 Å². The van der Waals surface area contributed by atoms with Gasteiger partial charge in [0, 0.05) is 25.8 Å². The fourth-order valence-corrected chi connectivity index (χ4v) is 3.08. The van der Waals surface area contributed by atoms with Gasteiger partial charge in [0.1, 0.15) is 29.8 Å². The number of ether oxygens (including phenoxy) is 1. The minimum Gasteiger partial charge on any atom is -0.486 e. The summed E-state index contributed by atoms with van der Waals surface area (Å²) in [6.45, 7) is 0.644. The molecule has 0 saturated carbocycles. The Morgan fingerprint density at radius 1 is 1.06 bits per heavy atom. The molecule has 0 aliphatic carbocycles. The smallest absolute Gasteiger partial charge is 0.292 e. The third-order valence-electron chi connectivity index (χ3n) is 4.82. The first-order valence-electron chi connectivity index (χ1n) is 10.0. The van der Waals surface area contributed by atoms with Crippen LogP contribution in [-0.4, -0.2) is 29.8 Å². The van der Waals surface area contributed by atoms with Gasteiger partial charge < -0.3 is 19.4 Å². The normalized spacial score (nSPS) is 10.7. The predicted molar refractivity (Wildman–Crippen MR) is 119 cm³/mol. The Labute approximate surface area is 185 Å². The van der Waals surface area contributed by atoms with Gasteiger partial charge in [0.2, 0.25) is 0 Å². The Morgan fingerprint density at radius 3 is 2.53 bits per heavy atom. The maximum Gasteiger partial charge on any atom is 0.292 e. The van der Waals surface area contributed by atoms with Crippen molar-refractivity contribution in [2.45, 2.75) is 13.2 Å². The molecule has 32 heavy (non-hydrogen) atoms. The number of hydrogen-bond acceptors (Lipinski definition) is 5. The molecule has 0 atom stereocenters. The van der Waals surface area contributed by atoms with E-state index in [2.05, 4.69) is 10.4 Å². The van der Waals surface area contributed by atoms with E-state index in [1.165, 1.54) is 24.3 Å². The average molecular weight is 434 g/mol. The molecule has 0 bridgehead atoms. The second-order valence-electron chi connectivity index (χ2n) is 7.40. The summed E-state index contributed by atoms with van der Waals surface area (Å²) < 4.78 is 25.8. The van der Waals surface area contributed by atoms with Crippen molar-refractivity contribution in [2.24, 2.45) is 0 Å². The SMILES string of the molecule is CN(C)c1ccc(Cn2nccc2NC(=O)c2ccc(COc3ccc(F)cc3)o2)cc1. The Hall–Kier alpha value is -4.07. The zero-order valence-corrected chi connectivity index (χ0v) is 17.8. The van der Waals surface area contributed by atoms with Crippen molar-refractivity contribution in [2.75, 3.05) is 24.3 Å². The lowest BCUT2D eigenvalue weighted by Crippen LogP contribution is -2.15. The molecule has 1 N–H and O–H groups in total. The number of nitrogens with one attached hydrogen (secondary N) is 1. The first kappa shape index (κ1) is 21.2. The van der Waals surface area contributed by atoms with Crippen molar-refractivity contribution in [1.29, 1.82) is 0 Å². The molecule has 2 aromatic carbocycles. The van der Waals surface area contributed by atoms with Crippen LogP contribution in [0, 0.1) is 5.82 Å². The fourth-order valence-electron chi connectivity index (χ4n) is 3.08. The van der Waals surface area contributed by atoms with Crippen molar-refractivity contribution >= 4 is 17.4 Å². The summed E-state index contributed by atoms with van der Waals surface area (Å²) in [4.78, 5) is 14.7. The van der Waals surface area contributed by atoms with Gasteiger partial charge in [-0.2, -0.15) is 5.10 Å². The quantitative estimate of drug-likeness (QED) is 0.440. The number of carbonyl (C=O) groups excluding carboxylic acids is 1. The highest BCUT2D eigenvalue weighted by atomic mass is 19.1. The molecule has 2 aromatic heterocycles. The van der Waals surface area contributed by atoms with Crippen molar-refractivity contribution in [3.8, 4) is 5.75 Å². The standard InChI is InChI=1S/C24H23FN4O3/c1-28(2)19-7-3-17(4-8-19)15-29-23(13-14-26-29)27-24(30)22-12-11-21(32-22)16-31-20-9-5-18(25)6-10-20/h3-14H,15-16H2,1-2H3,(H,27,30). The lowest BCUT2D eigenvalue weighted by molar-refractivity contribution is 0.0991. The van der Waals surface area contributed by atoms with E-state index in [1.54, 1.807) is 29.1 Å². The number of anilines is 2. The van der Waals surface area contributed by atoms with E-state index in [4.69, 9.17) is 9.15 Å². The lowest BCUT2D eigenvalue weighted by atomic mass is 10.2. The molecule has 0 fully saturated rings. The monoisotopic (exact) mass is 434 g/mol. The van der Waals surface area contributed by atoms with Gasteiger partial charge in [-0.3, -0.25) is 4.79 Å². The van der Waals surface area contributed by atoms with Gasteiger partial charge in [-0.15, -0.1) is 0 Å². The Morgan fingerprint density at radius 2 is 1.81 bits per heavy atom. The average Bonchev–Trinajstić information content (AvgIpc) is 3.43. The van der Waals surface area contributed by atoms with Gasteiger partial charge in [-0.05, 0) is 54.1 Å². The maximum atomic E-state index is 13.0. The molecule has 7 nitrogen and oxygen atoms in total. The van der Waals surface area contributed by atoms with Crippen molar-refractivity contribution in [3.05, 3.63) is 95.8 Å². The summed E-state index contributed by atoms with van der Waals surface area (Å²) in [7, 11) is 3.98. The topological polar surface area (TPSA) is 72.5 Å². The van der Waals surface area contributed by atoms with Gasteiger partial charge >= 0.3 is 0 Å². The molecular weight excluding hydrogens is 411 g/mol. The van der Waals surface area contributed by atoms with Crippen LogP contribution in [0.1, 0.15) is 21.9 Å². The van der Waals surface area contributed by atoms with E-state index >= 15 is 0 Å². The van der Waals surface area contributed by atoms with Gasteiger partial charge in [-0.25, -0.2) is 9.07 Å². The summed E-state index contributed by atoms with van der Waals surface area (Å²) in [5, 5.41) is 7.13. The summed E-state index contributed by atoms with van der Waals surface area (Å²) in [6.07, 6.45) is 1.63. The van der Waals surface area contributed by atoms with Crippen LogP contribution in [0.25, 0.3) is 0 Å².